The van der Waals surface area contributed by atoms with E-state index in [0.717, 1.165) is 34.0 Å². The van der Waals surface area contributed by atoms with Crippen LogP contribution in [0.25, 0.3) is 33.6 Å². The van der Waals surface area contributed by atoms with Gasteiger partial charge in [-0.2, -0.15) is 13.2 Å². The van der Waals surface area contributed by atoms with Crippen LogP contribution in [0.5, 0.6) is 0 Å². The Morgan fingerprint density at radius 3 is 2.02 bits per heavy atom. The lowest BCUT2D eigenvalue weighted by molar-refractivity contribution is -0.137. The second kappa shape index (κ2) is 14.1. The van der Waals surface area contributed by atoms with E-state index in [1.54, 1.807) is 39.1 Å². The molecule has 0 aliphatic carbocycles. The van der Waals surface area contributed by atoms with Gasteiger partial charge in [0.25, 0.3) is 11.8 Å². The molecule has 0 bridgehead atoms. The average Bonchev–Trinajstić information content (AvgIpc) is 3.81. The molecule has 4 aromatic carbocycles. The molecule has 3 heterocycles. The maximum atomic E-state index is 14.2. The van der Waals surface area contributed by atoms with Crippen LogP contribution in [0.4, 0.5) is 13.2 Å². The zero-order valence-corrected chi connectivity index (χ0v) is 28.6. The van der Waals surface area contributed by atoms with Crippen molar-refractivity contribution in [2.45, 2.75) is 30.1 Å². The van der Waals surface area contributed by atoms with Crippen LogP contribution in [0.3, 0.4) is 0 Å². The second-order valence-electron chi connectivity index (χ2n) is 11.9. The van der Waals surface area contributed by atoms with Crippen LogP contribution in [-0.4, -0.2) is 50.6 Å². The lowest BCUT2D eigenvalue weighted by Gasteiger charge is -2.31. The minimum Gasteiger partial charge on any atom is -0.339 e. The molecule has 6 aromatic rings. The van der Waals surface area contributed by atoms with Gasteiger partial charge in [-0.1, -0.05) is 103 Å². The quantitative estimate of drug-likeness (QED) is 0.155. The van der Waals surface area contributed by atoms with Crippen molar-refractivity contribution >= 4 is 34.9 Å². The Morgan fingerprint density at radius 1 is 0.760 bits per heavy atom. The Kier molecular flexibility index (Phi) is 9.44. The average molecular weight is 709 g/mol. The molecule has 7 rings (SSSR count). The van der Waals surface area contributed by atoms with E-state index in [0.29, 0.717) is 59.2 Å². The number of rotatable bonds is 7. The molecule has 0 radical (unpaired) electrons. The molecule has 1 aliphatic rings. The molecule has 1 fully saturated rings. The number of hydrogen-bond acceptors (Lipinski definition) is 6. The fraction of sp³-hybridized carbons (Fsp3) is 0.179. The fourth-order valence-electron chi connectivity index (χ4n) is 6.33. The first kappa shape index (κ1) is 33.5. The maximum Gasteiger partial charge on any atom is 0.416 e. The van der Waals surface area contributed by atoms with Crippen molar-refractivity contribution < 1.29 is 22.8 Å². The van der Waals surface area contributed by atoms with Crippen molar-refractivity contribution in [3.63, 3.8) is 0 Å². The minimum absolute atomic E-state index is 0.0760. The molecule has 0 unspecified atom stereocenters. The zero-order valence-electron chi connectivity index (χ0n) is 26.9. The smallest absolute Gasteiger partial charge is 0.339 e. The highest BCUT2D eigenvalue weighted by molar-refractivity contribution is 7.98. The first-order valence-electron chi connectivity index (χ1n) is 16.1. The van der Waals surface area contributed by atoms with E-state index >= 15 is 0 Å². The van der Waals surface area contributed by atoms with Crippen LogP contribution in [-0.2, 0) is 6.18 Å². The number of thiazole rings is 1. The van der Waals surface area contributed by atoms with Gasteiger partial charge in [-0.25, -0.2) is 9.97 Å². The Balaban J connectivity index is 1.10. The number of benzene rings is 4. The van der Waals surface area contributed by atoms with Crippen LogP contribution in [0.1, 0.15) is 50.2 Å². The number of aromatic nitrogens is 3. The van der Waals surface area contributed by atoms with E-state index in [1.165, 1.54) is 35.2 Å². The number of thioether (sulfide) groups is 1. The summed E-state index contributed by atoms with van der Waals surface area (Å²) in [5, 5.41) is 3.22. The highest BCUT2D eigenvalue weighted by Gasteiger charge is 2.32. The number of amides is 1. The van der Waals surface area contributed by atoms with Gasteiger partial charge < -0.3 is 4.90 Å². The van der Waals surface area contributed by atoms with E-state index in [9.17, 15) is 22.8 Å². The molecule has 11 heteroatoms. The summed E-state index contributed by atoms with van der Waals surface area (Å²) in [6, 6.07) is 31.5. The third-order valence-electron chi connectivity index (χ3n) is 8.88. The Hall–Kier alpha value is -5.00. The Labute approximate surface area is 295 Å². The summed E-state index contributed by atoms with van der Waals surface area (Å²) in [6.45, 7) is 0.981. The number of nitrogens with zero attached hydrogens (tertiary/aromatic N) is 4. The molecular weight excluding hydrogens is 678 g/mol. The van der Waals surface area contributed by atoms with Gasteiger partial charge in [0.05, 0.1) is 22.0 Å². The molecule has 0 saturated carbocycles. The van der Waals surface area contributed by atoms with Gasteiger partial charge in [-0.3, -0.25) is 14.2 Å². The molecule has 252 valence electrons. The summed E-state index contributed by atoms with van der Waals surface area (Å²) in [6.07, 6.45) is -1.19. The van der Waals surface area contributed by atoms with Crippen LogP contribution >= 0.6 is 23.1 Å². The summed E-state index contributed by atoms with van der Waals surface area (Å²) in [5.74, 6) is -0.341. The first-order valence-corrected chi connectivity index (χ1v) is 18.2. The van der Waals surface area contributed by atoms with Crippen LogP contribution in [0.2, 0.25) is 0 Å². The highest BCUT2D eigenvalue weighted by Crippen LogP contribution is 2.38. The maximum absolute atomic E-state index is 14.2. The number of alkyl halides is 3. The van der Waals surface area contributed by atoms with Crippen LogP contribution in [0, 0.1) is 0 Å². The predicted octanol–water partition coefficient (Wildman–Crippen LogP) is 9.79. The third kappa shape index (κ3) is 6.63. The van der Waals surface area contributed by atoms with E-state index in [2.05, 4.69) is 0 Å². The van der Waals surface area contributed by atoms with Crippen molar-refractivity contribution in [1.29, 1.82) is 0 Å². The standard InChI is InChI=1S/C39H31F3N4O2S2/c1-49-38-44-33(26-10-4-2-5-11-26)34(27-12-6-3-7-13-27)46(38)37(48)32-24-50-35(43-32)28-20-22-45(23-21-28)36(47)31-15-9-8-14-30(31)25-16-18-29(19-17-25)39(40,41)42/h2-19,24,28H,20-23H2,1H3. The molecule has 1 saturated heterocycles. The van der Waals surface area contributed by atoms with Crippen molar-refractivity contribution in [2.75, 3.05) is 19.3 Å². The summed E-state index contributed by atoms with van der Waals surface area (Å²) >= 11 is 2.85. The van der Waals surface area contributed by atoms with Gasteiger partial charge in [-0.05, 0) is 48.4 Å². The largest absolute Gasteiger partial charge is 0.416 e. The zero-order chi connectivity index (χ0) is 34.8. The highest BCUT2D eigenvalue weighted by atomic mass is 32.2. The molecule has 50 heavy (non-hydrogen) atoms. The summed E-state index contributed by atoms with van der Waals surface area (Å²) in [7, 11) is 0. The number of halogens is 3. The topological polar surface area (TPSA) is 68.1 Å². The SMILES string of the molecule is CSc1nc(-c2ccccc2)c(-c2ccccc2)n1C(=O)c1csc(C2CCN(C(=O)c3ccccc3-c3ccc(C(F)(F)F)cc3)CC2)n1. The van der Waals surface area contributed by atoms with E-state index in [-0.39, 0.29) is 17.7 Å². The number of hydrogen-bond donors (Lipinski definition) is 0. The molecule has 2 aromatic heterocycles. The first-order chi connectivity index (χ1) is 24.2. The normalized spacial score (nSPS) is 13.8. The van der Waals surface area contributed by atoms with Crippen molar-refractivity contribution in [3.8, 4) is 33.6 Å². The molecule has 0 N–H and O–H groups in total. The van der Waals surface area contributed by atoms with Crippen molar-refractivity contribution in [3.05, 3.63) is 136 Å². The summed E-state index contributed by atoms with van der Waals surface area (Å²) in [4.78, 5) is 39.5. The van der Waals surface area contributed by atoms with Gasteiger partial charge in [-0.15, -0.1) is 11.3 Å². The van der Waals surface area contributed by atoms with E-state index < -0.39 is 11.7 Å². The second-order valence-corrected chi connectivity index (χ2v) is 13.6. The molecule has 6 nitrogen and oxygen atoms in total. The molecule has 1 aliphatic heterocycles. The van der Waals surface area contributed by atoms with Crippen molar-refractivity contribution in [1.82, 2.24) is 19.4 Å². The molecule has 0 atom stereocenters. The monoisotopic (exact) mass is 708 g/mol. The van der Waals surface area contributed by atoms with Crippen LogP contribution in [0.15, 0.2) is 120 Å². The van der Waals surface area contributed by atoms with E-state index in [4.69, 9.17) is 9.97 Å². The van der Waals surface area contributed by atoms with E-state index in [1.807, 2.05) is 66.9 Å². The fourth-order valence-corrected chi connectivity index (χ4v) is 7.84. The predicted molar refractivity (Wildman–Crippen MR) is 191 cm³/mol. The lowest BCUT2D eigenvalue weighted by atomic mass is 9.94. The van der Waals surface area contributed by atoms with Gasteiger partial charge in [0.15, 0.2) is 5.16 Å². The molecular formula is C39H31F3N4O2S2. The molecule has 1 amide bonds. The van der Waals surface area contributed by atoms with Crippen LogP contribution < -0.4 is 0 Å². The number of piperidine rings is 1. The summed E-state index contributed by atoms with van der Waals surface area (Å²) in [5.41, 5.74) is 4.42. The number of imidazole rings is 1. The Morgan fingerprint density at radius 2 is 1.38 bits per heavy atom. The number of carbonyl (C=O) groups excluding carboxylic acids is 2. The number of likely N-dealkylation sites (tertiary alicyclic amines) is 1. The molecule has 0 spiro atoms. The minimum atomic E-state index is -4.43. The third-order valence-corrected chi connectivity index (χ3v) is 10.5. The van der Waals surface area contributed by atoms with Gasteiger partial charge in [0, 0.05) is 41.1 Å². The summed E-state index contributed by atoms with van der Waals surface area (Å²) < 4.78 is 41.1. The Bertz CT molecular complexity index is 2140. The lowest BCUT2D eigenvalue weighted by Crippen LogP contribution is -2.38. The number of carbonyl (C=O) groups is 2. The van der Waals surface area contributed by atoms with Gasteiger partial charge in [0.2, 0.25) is 0 Å². The van der Waals surface area contributed by atoms with Gasteiger partial charge >= 0.3 is 6.18 Å². The van der Waals surface area contributed by atoms with Crippen molar-refractivity contribution in [2.24, 2.45) is 0 Å². The van der Waals surface area contributed by atoms with Gasteiger partial charge in [0.1, 0.15) is 5.69 Å².